The molecule has 0 unspecified atom stereocenters. The maximum atomic E-state index is 12.9. The first-order chi connectivity index (χ1) is 13.8. The number of sulfonamides is 1. The average molecular weight is 419 g/mol. The number of hydrogen-bond acceptors (Lipinski definition) is 5. The van der Waals surface area contributed by atoms with Gasteiger partial charge in [0, 0.05) is 18.8 Å². The topological polar surface area (TPSA) is 84.9 Å². The number of anilines is 1. The number of ether oxygens (including phenoxy) is 2. The Morgan fingerprint density at radius 2 is 1.72 bits per heavy atom. The van der Waals surface area contributed by atoms with E-state index in [0.717, 1.165) is 5.56 Å². The summed E-state index contributed by atoms with van der Waals surface area (Å²) in [6.45, 7) is 6.13. The van der Waals surface area contributed by atoms with Crippen LogP contribution in [0.15, 0.2) is 53.4 Å². The van der Waals surface area contributed by atoms with Crippen LogP contribution in [-0.4, -0.2) is 50.5 Å². The lowest BCUT2D eigenvalue weighted by atomic mass is 10.2. The Kier molecular flexibility index (Phi) is 6.56. The molecular weight excluding hydrogens is 392 g/mol. The van der Waals surface area contributed by atoms with Gasteiger partial charge >= 0.3 is 0 Å². The first kappa shape index (κ1) is 21.3. The standard InChI is InChI=1S/C21H26N2O5S/c1-15-6-4-5-7-20(15)27-14-21(24)22-18-8-10-19(11-9-18)29(25,26)23-12-16(2)28-17(3)13-23/h4-11,16-17H,12-14H2,1-3H3,(H,22,24)/t16-,17-/m0/s1. The van der Waals surface area contributed by atoms with Gasteiger partial charge in [-0.25, -0.2) is 8.42 Å². The Morgan fingerprint density at radius 1 is 1.10 bits per heavy atom. The number of nitrogens with zero attached hydrogens (tertiary/aromatic N) is 1. The van der Waals surface area contributed by atoms with Crippen LogP contribution < -0.4 is 10.1 Å². The maximum Gasteiger partial charge on any atom is 0.262 e. The lowest BCUT2D eigenvalue weighted by Gasteiger charge is -2.34. The predicted octanol–water partition coefficient (Wildman–Crippen LogP) is 2.81. The molecule has 29 heavy (non-hydrogen) atoms. The molecule has 2 aromatic rings. The van der Waals surface area contributed by atoms with Crippen LogP contribution in [-0.2, 0) is 19.6 Å². The summed E-state index contributed by atoms with van der Waals surface area (Å²) in [6.07, 6.45) is -0.305. The molecule has 156 valence electrons. The number of carbonyl (C=O) groups is 1. The maximum absolute atomic E-state index is 12.9. The van der Waals surface area contributed by atoms with E-state index in [9.17, 15) is 13.2 Å². The number of aryl methyl sites for hydroxylation is 1. The zero-order chi connectivity index (χ0) is 21.0. The minimum absolute atomic E-state index is 0.130. The lowest BCUT2D eigenvalue weighted by molar-refractivity contribution is -0.118. The van der Waals surface area contributed by atoms with Crippen molar-refractivity contribution < 1.29 is 22.7 Å². The predicted molar refractivity (Wildman–Crippen MR) is 111 cm³/mol. The van der Waals surface area contributed by atoms with Gasteiger partial charge in [-0.15, -0.1) is 0 Å². The summed E-state index contributed by atoms with van der Waals surface area (Å²) in [5.41, 5.74) is 1.45. The Balaban J connectivity index is 1.61. The van der Waals surface area contributed by atoms with E-state index < -0.39 is 10.0 Å². The van der Waals surface area contributed by atoms with E-state index in [0.29, 0.717) is 24.5 Å². The zero-order valence-corrected chi connectivity index (χ0v) is 17.6. The van der Waals surface area contributed by atoms with Gasteiger partial charge in [0.25, 0.3) is 5.91 Å². The first-order valence-corrected chi connectivity index (χ1v) is 10.9. The van der Waals surface area contributed by atoms with Gasteiger partial charge in [-0.1, -0.05) is 18.2 Å². The van der Waals surface area contributed by atoms with Crippen LogP contribution in [0.1, 0.15) is 19.4 Å². The van der Waals surface area contributed by atoms with Gasteiger partial charge in [0.1, 0.15) is 5.75 Å². The minimum atomic E-state index is -3.61. The van der Waals surface area contributed by atoms with E-state index in [2.05, 4.69) is 5.32 Å². The molecule has 2 aromatic carbocycles. The molecule has 1 aliphatic heterocycles. The quantitative estimate of drug-likeness (QED) is 0.780. The summed E-state index contributed by atoms with van der Waals surface area (Å²) in [5, 5.41) is 2.71. The molecule has 2 atom stereocenters. The van der Waals surface area contributed by atoms with Crippen LogP contribution in [0.5, 0.6) is 5.75 Å². The van der Waals surface area contributed by atoms with Crippen molar-refractivity contribution in [3.8, 4) is 5.75 Å². The largest absolute Gasteiger partial charge is 0.483 e. The summed E-state index contributed by atoms with van der Waals surface area (Å²) in [5.74, 6) is 0.331. The van der Waals surface area contributed by atoms with Gasteiger partial charge in [0.05, 0.1) is 17.1 Å². The van der Waals surface area contributed by atoms with Gasteiger partial charge in [-0.3, -0.25) is 4.79 Å². The van der Waals surface area contributed by atoms with Crippen LogP contribution in [0.25, 0.3) is 0 Å². The molecule has 1 aliphatic rings. The second-order valence-corrected chi connectivity index (χ2v) is 9.14. The molecule has 0 spiro atoms. The molecule has 0 radical (unpaired) electrons. The van der Waals surface area contributed by atoms with Gasteiger partial charge in [-0.05, 0) is 56.7 Å². The minimum Gasteiger partial charge on any atom is -0.483 e. The molecule has 0 saturated carbocycles. The number of hydrogen-bond donors (Lipinski definition) is 1. The number of morpholine rings is 1. The number of carbonyl (C=O) groups excluding carboxylic acids is 1. The molecule has 1 heterocycles. The van der Waals surface area contributed by atoms with Crippen LogP contribution in [0, 0.1) is 6.92 Å². The summed E-state index contributed by atoms with van der Waals surface area (Å²) >= 11 is 0. The molecule has 1 amide bonds. The summed E-state index contributed by atoms with van der Waals surface area (Å²) in [6, 6.07) is 13.6. The number of rotatable bonds is 6. The van der Waals surface area contributed by atoms with Crippen molar-refractivity contribution in [1.82, 2.24) is 4.31 Å². The highest BCUT2D eigenvalue weighted by atomic mass is 32.2. The molecular formula is C21H26N2O5S. The van der Waals surface area contributed by atoms with Crippen molar-refractivity contribution in [2.75, 3.05) is 25.0 Å². The highest BCUT2D eigenvalue weighted by Crippen LogP contribution is 2.22. The Bertz CT molecular complexity index is 949. The molecule has 0 bridgehead atoms. The molecule has 1 saturated heterocycles. The SMILES string of the molecule is Cc1ccccc1OCC(=O)Nc1ccc(S(=O)(=O)N2C[C@H](C)O[C@@H](C)C2)cc1. The number of amides is 1. The van der Waals surface area contributed by atoms with Crippen molar-refractivity contribution in [2.24, 2.45) is 0 Å². The third-order valence-electron chi connectivity index (χ3n) is 4.61. The summed E-state index contributed by atoms with van der Waals surface area (Å²) in [7, 11) is -3.61. The normalized spacial score (nSPS) is 20.2. The van der Waals surface area contributed by atoms with E-state index in [-0.39, 0.29) is 29.6 Å². The smallest absolute Gasteiger partial charge is 0.262 e. The van der Waals surface area contributed by atoms with Gasteiger partial charge < -0.3 is 14.8 Å². The second kappa shape index (κ2) is 8.94. The first-order valence-electron chi connectivity index (χ1n) is 9.49. The Morgan fingerprint density at radius 3 is 2.34 bits per heavy atom. The van der Waals surface area contributed by atoms with Crippen molar-refractivity contribution in [3.63, 3.8) is 0 Å². The van der Waals surface area contributed by atoms with Crippen LogP contribution in [0.4, 0.5) is 5.69 Å². The highest BCUT2D eigenvalue weighted by molar-refractivity contribution is 7.89. The zero-order valence-electron chi connectivity index (χ0n) is 16.8. The molecule has 0 aromatic heterocycles. The van der Waals surface area contributed by atoms with Crippen LogP contribution in [0.3, 0.4) is 0 Å². The molecule has 1 N–H and O–H groups in total. The fourth-order valence-corrected chi connectivity index (χ4v) is 4.84. The van der Waals surface area contributed by atoms with E-state index in [1.54, 1.807) is 18.2 Å². The lowest BCUT2D eigenvalue weighted by Crippen LogP contribution is -2.48. The summed E-state index contributed by atoms with van der Waals surface area (Å²) in [4.78, 5) is 12.3. The van der Waals surface area contributed by atoms with E-state index >= 15 is 0 Å². The van der Waals surface area contributed by atoms with Gasteiger partial charge in [0.2, 0.25) is 10.0 Å². The molecule has 8 heteroatoms. The average Bonchev–Trinajstić information content (AvgIpc) is 2.67. The molecule has 7 nitrogen and oxygen atoms in total. The Hall–Kier alpha value is -2.42. The van der Waals surface area contributed by atoms with E-state index in [1.165, 1.54) is 16.4 Å². The van der Waals surface area contributed by atoms with Crippen molar-refractivity contribution in [2.45, 2.75) is 37.9 Å². The van der Waals surface area contributed by atoms with Crippen molar-refractivity contribution >= 4 is 21.6 Å². The van der Waals surface area contributed by atoms with Crippen LogP contribution in [0.2, 0.25) is 0 Å². The second-order valence-electron chi connectivity index (χ2n) is 7.21. The third-order valence-corrected chi connectivity index (χ3v) is 6.46. The number of nitrogens with one attached hydrogen (secondary N) is 1. The van der Waals surface area contributed by atoms with Gasteiger partial charge in [0.15, 0.2) is 6.61 Å². The van der Waals surface area contributed by atoms with Crippen molar-refractivity contribution in [1.29, 1.82) is 0 Å². The molecule has 3 rings (SSSR count). The molecule has 0 aliphatic carbocycles. The van der Waals surface area contributed by atoms with Crippen LogP contribution >= 0.6 is 0 Å². The highest BCUT2D eigenvalue weighted by Gasteiger charge is 2.32. The molecule has 1 fully saturated rings. The number of benzene rings is 2. The van der Waals surface area contributed by atoms with Crippen molar-refractivity contribution in [3.05, 3.63) is 54.1 Å². The summed E-state index contributed by atoms with van der Waals surface area (Å²) < 4.78 is 38.3. The third kappa shape index (κ3) is 5.35. The fourth-order valence-electron chi connectivity index (χ4n) is 3.25. The number of para-hydroxylation sites is 1. The monoisotopic (exact) mass is 418 g/mol. The Labute approximate surface area is 171 Å². The van der Waals surface area contributed by atoms with E-state index in [4.69, 9.17) is 9.47 Å². The fraction of sp³-hybridized carbons (Fsp3) is 0.381. The van der Waals surface area contributed by atoms with E-state index in [1.807, 2.05) is 39.0 Å². The van der Waals surface area contributed by atoms with Gasteiger partial charge in [-0.2, -0.15) is 4.31 Å².